The van der Waals surface area contributed by atoms with Gasteiger partial charge in [-0.3, -0.25) is 4.79 Å². The topological polar surface area (TPSA) is 60.3 Å². The number of carbonyl (C=O) groups excluding carboxylic acids is 2. The van der Waals surface area contributed by atoms with Gasteiger partial charge >= 0.3 is 5.97 Å². The third-order valence-electron chi connectivity index (χ3n) is 3.50. The molecule has 23 heavy (non-hydrogen) atoms. The van der Waals surface area contributed by atoms with Crippen molar-refractivity contribution in [2.24, 2.45) is 7.05 Å². The molecule has 0 bridgehead atoms. The maximum absolute atomic E-state index is 12.4. The molecule has 1 N–H and O–H groups in total. The van der Waals surface area contributed by atoms with Crippen LogP contribution in [0, 0.1) is 0 Å². The fraction of sp³-hybridized carbons (Fsp3) is 0.111. The van der Waals surface area contributed by atoms with Crippen LogP contribution in [0.15, 0.2) is 54.7 Å². The van der Waals surface area contributed by atoms with Gasteiger partial charge in [0.15, 0.2) is 0 Å². The maximum atomic E-state index is 12.4. The van der Waals surface area contributed by atoms with E-state index in [2.05, 4.69) is 5.32 Å². The Hall–Kier alpha value is -3.08. The Morgan fingerprint density at radius 1 is 1.04 bits per heavy atom. The number of benzene rings is 2. The Labute approximate surface area is 133 Å². The number of amides is 1. The van der Waals surface area contributed by atoms with Gasteiger partial charge < -0.3 is 14.6 Å². The molecule has 0 aliphatic rings. The molecule has 3 rings (SSSR count). The Balaban J connectivity index is 1.82. The highest BCUT2D eigenvalue weighted by Gasteiger charge is 2.15. The predicted molar refractivity (Wildman–Crippen MR) is 88.6 cm³/mol. The van der Waals surface area contributed by atoms with Crippen molar-refractivity contribution in [2.45, 2.75) is 6.92 Å². The molecule has 1 amide bonds. The summed E-state index contributed by atoms with van der Waals surface area (Å²) in [6, 6.07) is 14.3. The molecule has 3 aromatic rings. The van der Waals surface area contributed by atoms with E-state index in [1.807, 2.05) is 35.9 Å². The second-order valence-electron chi connectivity index (χ2n) is 5.27. The van der Waals surface area contributed by atoms with Crippen LogP contribution in [0.3, 0.4) is 0 Å². The van der Waals surface area contributed by atoms with Gasteiger partial charge in [-0.25, -0.2) is 4.79 Å². The van der Waals surface area contributed by atoms with Crippen LogP contribution < -0.4 is 10.1 Å². The number of anilines is 1. The lowest BCUT2D eigenvalue weighted by atomic mass is 10.2. The standard InChI is InChI=1S/C18H16N2O3/c1-12(21)19-13-7-9-14(10-8-13)23-18(22)16-11-20(2)17-6-4-3-5-15(16)17/h3-11H,1-2H3,(H,19,21). The van der Waals surface area contributed by atoms with Crippen molar-refractivity contribution in [3.05, 3.63) is 60.3 Å². The number of esters is 1. The summed E-state index contributed by atoms with van der Waals surface area (Å²) < 4.78 is 7.31. The predicted octanol–water partition coefficient (Wildman–Crippen LogP) is 3.36. The highest BCUT2D eigenvalue weighted by molar-refractivity contribution is 6.05. The summed E-state index contributed by atoms with van der Waals surface area (Å²) >= 11 is 0. The number of ether oxygens (including phenoxy) is 1. The van der Waals surface area contributed by atoms with E-state index in [4.69, 9.17) is 4.74 Å². The van der Waals surface area contributed by atoms with Crippen LogP contribution >= 0.6 is 0 Å². The van der Waals surface area contributed by atoms with Gasteiger partial charge in [0.2, 0.25) is 5.91 Å². The average molecular weight is 308 g/mol. The van der Waals surface area contributed by atoms with Crippen LogP contribution in [-0.4, -0.2) is 16.4 Å². The first-order valence-electron chi connectivity index (χ1n) is 7.18. The minimum Gasteiger partial charge on any atom is -0.423 e. The van der Waals surface area contributed by atoms with Gasteiger partial charge in [0, 0.05) is 36.8 Å². The first-order chi connectivity index (χ1) is 11.0. The number of hydrogen-bond acceptors (Lipinski definition) is 3. The normalized spacial score (nSPS) is 10.5. The number of rotatable bonds is 3. The molecule has 0 unspecified atom stereocenters. The lowest BCUT2D eigenvalue weighted by Crippen LogP contribution is -2.08. The van der Waals surface area contributed by atoms with E-state index < -0.39 is 5.97 Å². The maximum Gasteiger partial charge on any atom is 0.345 e. The Morgan fingerprint density at radius 2 is 1.74 bits per heavy atom. The lowest BCUT2D eigenvalue weighted by Gasteiger charge is -2.05. The van der Waals surface area contributed by atoms with E-state index in [-0.39, 0.29) is 5.91 Å². The molecular weight excluding hydrogens is 292 g/mol. The van der Waals surface area contributed by atoms with Crippen molar-refractivity contribution in [2.75, 3.05) is 5.32 Å². The van der Waals surface area contributed by atoms with E-state index in [9.17, 15) is 9.59 Å². The number of carbonyl (C=O) groups is 2. The zero-order chi connectivity index (χ0) is 16.4. The number of aryl methyl sites for hydroxylation is 1. The largest absolute Gasteiger partial charge is 0.423 e. The second-order valence-corrected chi connectivity index (χ2v) is 5.27. The summed E-state index contributed by atoms with van der Waals surface area (Å²) in [5.74, 6) is -0.128. The summed E-state index contributed by atoms with van der Waals surface area (Å²) in [5.41, 5.74) is 2.15. The van der Waals surface area contributed by atoms with Crippen LogP contribution in [0.4, 0.5) is 5.69 Å². The minimum atomic E-state index is -0.408. The SMILES string of the molecule is CC(=O)Nc1ccc(OC(=O)c2cn(C)c3ccccc23)cc1. The van der Waals surface area contributed by atoms with Gasteiger partial charge in [-0.15, -0.1) is 0 Å². The summed E-state index contributed by atoms with van der Waals surface area (Å²) in [5, 5.41) is 3.52. The smallest absolute Gasteiger partial charge is 0.345 e. The Bertz CT molecular complexity index is 879. The van der Waals surface area contributed by atoms with Gasteiger partial charge in [-0.1, -0.05) is 18.2 Å². The number of nitrogens with one attached hydrogen (secondary N) is 1. The number of para-hydroxylation sites is 1. The molecule has 0 fully saturated rings. The van der Waals surface area contributed by atoms with Gasteiger partial charge in [-0.2, -0.15) is 0 Å². The molecule has 5 heteroatoms. The zero-order valence-electron chi connectivity index (χ0n) is 12.9. The van der Waals surface area contributed by atoms with Crippen LogP contribution in [0.1, 0.15) is 17.3 Å². The third-order valence-corrected chi connectivity index (χ3v) is 3.50. The number of fused-ring (bicyclic) bond motifs is 1. The number of nitrogens with zero attached hydrogens (tertiary/aromatic N) is 1. The molecule has 2 aromatic carbocycles. The average Bonchev–Trinajstić information content (AvgIpc) is 2.86. The van der Waals surface area contributed by atoms with Crippen molar-refractivity contribution in [1.82, 2.24) is 4.57 Å². The summed E-state index contributed by atoms with van der Waals surface area (Å²) in [7, 11) is 1.89. The van der Waals surface area contributed by atoms with E-state index in [1.54, 1.807) is 30.5 Å². The molecule has 0 atom stereocenters. The number of aromatic nitrogens is 1. The van der Waals surface area contributed by atoms with Crippen LogP contribution in [0.5, 0.6) is 5.75 Å². The Morgan fingerprint density at radius 3 is 2.43 bits per heavy atom. The molecular formula is C18H16N2O3. The fourth-order valence-corrected chi connectivity index (χ4v) is 2.48. The van der Waals surface area contributed by atoms with Crippen molar-refractivity contribution in [3.63, 3.8) is 0 Å². The summed E-state index contributed by atoms with van der Waals surface area (Å²) in [6.45, 7) is 1.44. The monoisotopic (exact) mass is 308 g/mol. The third kappa shape index (κ3) is 3.08. The van der Waals surface area contributed by atoms with Crippen LogP contribution in [0.2, 0.25) is 0 Å². The zero-order valence-corrected chi connectivity index (χ0v) is 12.9. The molecule has 0 saturated carbocycles. The first kappa shape index (κ1) is 14.8. The van der Waals surface area contributed by atoms with Gasteiger partial charge in [-0.05, 0) is 30.3 Å². The van der Waals surface area contributed by atoms with Crippen molar-refractivity contribution in [1.29, 1.82) is 0 Å². The highest BCUT2D eigenvalue weighted by Crippen LogP contribution is 2.23. The number of hydrogen-bond donors (Lipinski definition) is 1. The lowest BCUT2D eigenvalue weighted by molar-refractivity contribution is -0.114. The van der Waals surface area contributed by atoms with Crippen molar-refractivity contribution >= 4 is 28.5 Å². The van der Waals surface area contributed by atoms with E-state index in [0.717, 1.165) is 10.9 Å². The molecule has 0 radical (unpaired) electrons. The van der Waals surface area contributed by atoms with Gasteiger partial charge in [0.05, 0.1) is 5.56 Å². The Kier molecular flexibility index (Phi) is 3.85. The van der Waals surface area contributed by atoms with Gasteiger partial charge in [0.25, 0.3) is 0 Å². The van der Waals surface area contributed by atoms with Crippen molar-refractivity contribution in [3.8, 4) is 5.75 Å². The second kappa shape index (κ2) is 5.96. The van der Waals surface area contributed by atoms with E-state index in [0.29, 0.717) is 17.0 Å². The molecule has 1 aromatic heterocycles. The molecule has 1 heterocycles. The summed E-state index contributed by atoms with van der Waals surface area (Å²) in [6.07, 6.45) is 1.76. The molecule has 0 saturated heterocycles. The van der Waals surface area contributed by atoms with Gasteiger partial charge in [0.1, 0.15) is 5.75 Å². The quantitative estimate of drug-likeness (QED) is 0.596. The highest BCUT2D eigenvalue weighted by atomic mass is 16.5. The fourth-order valence-electron chi connectivity index (χ4n) is 2.48. The molecule has 0 spiro atoms. The molecule has 0 aliphatic carbocycles. The van der Waals surface area contributed by atoms with Crippen LogP contribution in [-0.2, 0) is 11.8 Å². The molecule has 5 nitrogen and oxygen atoms in total. The van der Waals surface area contributed by atoms with Crippen molar-refractivity contribution < 1.29 is 14.3 Å². The van der Waals surface area contributed by atoms with E-state index >= 15 is 0 Å². The minimum absolute atomic E-state index is 0.148. The first-order valence-corrected chi connectivity index (χ1v) is 7.18. The summed E-state index contributed by atoms with van der Waals surface area (Å²) in [4.78, 5) is 23.4. The molecule has 0 aliphatic heterocycles. The molecule has 116 valence electrons. The van der Waals surface area contributed by atoms with Crippen LogP contribution in [0.25, 0.3) is 10.9 Å². The van der Waals surface area contributed by atoms with E-state index in [1.165, 1.54) is 6.92 Å².